The molecular weight excluding hydrogens is 421 g/mol. The van der Waals surface area contributed by atoms with E-state index in [0.29, 0.717) is 27.2 Å². The molecule has 2 saturated heterocycles. The van der Waals surface area contributed by atoms with Crippen molar-refractivity contribution in [1.29, 1.82) is 0 Å². The SMILES string of the molecule is CN1CC2(C1)CN(c1cc(Cl)c3cnc(Nc4cnn(C5(C)CC5)c4Cl)nc3c1)C2. The average Bonchev–Trinajstić information content (AvgIpc) is 3.29. The van der Waals surface area contributed by atoms with E-state index < -0.39 is 0 Å². The quantitative estimate of drug-likeness (QED) is 0.653. The molecule has 30 heavy (non-hydrogen) atoms. The van der Waals surface area contributed by atoms with Gasteiger partial charge in [0.1, 0.15) is 0 Å². The molecule has 0 amide bonds. The fourth-order valence-electron chi connectivity index (χ4n) is 4.87. The summed E-state index contributed by atoms with van der Waals surface area (Å²) in [5, 5.41) is 9.77. The third-order valence-electron chi connectivity index (χ3n) is 6.71. The van der Waals surface area contributed by atoms with Gasteiger partial charge >= 0.3 is 0 Å². The van der Waals surface area contributed by atoms with Crippen LogP contribution in [-0.4, -0.2) is 57.9 Å². The summed E-state index contributed by atoms with van der Waals surface area (Å²) in [6, 6.07) is 4.12. The van der Waals surface area contributed by atoms with Gasteiger partial charge in [-0.25, -0.2) is 14.6 Å². The number of likely N-dealkylation sites (tertiary alicyclic amines) is 1. The highest BCUT2D eigenvalue weighted by Gasteiger charge is 2.50. The molecule has 1 saturated carbocycles. The molecule has 3 aliphatic rings. The molecule has 3 aromatic rings. The van der Waals surface area contributed by atoms with Crippen molar-refractivity contribution < 1.29 is 0 Å². The van der Waals surface area contributed by atoms with Crippen LogP contribution < -0.4 is 10.2 Å². The molecule has 3 fully saturated rings. The van der Waals surface area contributed by atoms with E-state index in [-0.39, 0.29) is 5.54 Å². The Hall–Kier alpha value is -2.09. The summed E-state index contributed by atoms with van der Waals surface area (Å²) in [6.07, 6.45) is 5.68. The Morgan fingerprint density at radius 1 is 1.07 bits per heavy atom. The third-order valence-corrected chi connectivity index (χ3v) is 7.38. The number of aromatic nitrogens is 4. The first-order valence-corrected chi connectivity index (χ1v) is 11.0. The minimum Gasteiger partial charge on any atom is -0.370 e. The molecule has 0 atom stereocenters. The lowest BCUT2D eigenvalue weighted by Gasteiger charge is -2.60. The molecular formula is C21H23Cl2N7. The Balaban J connectivity index is 1.27. The van der Waals surface area contributed by atoms with Crippen molar-refractivity contribution in [3.8, 4) is 0 Å². The third kappa shape index (κ3) is 2.87. The van der Waals surface area contributed by atoms with Crippen molar-refractivity contribution in [2.24, 2.45) is 5.41 Å². The molecule has 0 unspecified atom stereocenters. The number of nitrogens with zero attached hydrogens (tertiary/aromatic N) is 6. The zero-order chi connectivity index (χ0) is 20.7. The van der Waals surface area contributed by atoms with Crippen LogP contribution in [0.2, 0.25) is 10.2 Å². The van der Waals surface area contributed by atoms with E-state index in [9.17, 15) is 0 Å². The van der Waals surface area contributed by atoms with E-state index in [2.05, 4.69) is 45.2 Å². The summed E-state index contributed by atoms with van der Waals surface area (Å²) in [6.45, 7) is 6.65. The van der Waals surface area contributed by atoms with E-state index in [1.807, 2.05) is 10.7 Å². The molecule has 4 heterocycles. The van der Waals surface area contributed by atoms with Gasteiger partial charge in [0.15, 0.2) is 5.15 Å². The van der Waals surface area contributed by atoms with Crippen molar-refractivity contribution in [2.75, 3.05) is 43.4 Å². The zero-order valence-corrected chi connectivity index (χ0v) is 18.5. The Kier molecular flexibility index (Phi) is 3.87. The van der Waals surface area contributed by atoms with E-state index in [4.69, 9.17) is 28.2 Å². The van der Waals surface area contributed by atoms with Crippen LogP contribution >= 0.6 is 23.2 Å². The Bertz CT molecular complexity index is 1160. The van der Waals surface area contributed by atoms with Gasteiger partial charge in [-0.15, -0.1) is 0 Å². The van der Waals surface area contributed by atoms with Crippen LogP contribution in [0.3, 0.4) is 0 Å². The summed E-state index contributed by atoms with van der Waals surface area (Å²) in [5.41, 5.74) is 3.14. The highest BCUT2D eigenvalue weighted by molar-refractivity contribution is 6.35. The maximum Gasteiger partial charge on any atom is 0.227 e. The van der Waals surface area contributed by atoms with Gasteiger partial charge in [0.25, 0.3) is 0 Å². The van der Waals surface area contributed by atoms with Gasteiger partial charge in [-0.05, 0) is 38.9 Å². The molecule has 9 heteroatoms. The average molecular weight is 444 g/mol. The number of hydrogen-bond donors (Lipinski definition) is 1. The molecule has 6 rings (SSSR count). The Morgan fingerprint density at radius 2 is 1.83 bits per heavy atom. The van der Waals surface area contributed by atoms with Crippen molar-refractivity contribution in [1.82, 2.24) is 24.6 Å². The second-order valence-corrected chi connectivity index (χ2v) is 10.2. The van der Waals surface area contributed by atoms with Gasteiger partial charge in [-0.2, -0.15) is 5.10 Å². The summed E-state index contributed by atoms with van der Waals surface area (Å²) < 4.78 is 1.88. The van der Waals surface area contributed by atoms with Gasteiger partial charge in [0, 0.05) is 48.9 Å². The monoisotopic (exact) mass is 443 g/mol. The van der Waals surface area contributed by atoms with Gasteiger partial charge < -0.3 is 15.1 Å². The first-order chi connectivity index (χ1) is 14.3. The number of rotatable bonds is 4. The highest BCUT2D eigenvalue weighted by atomic mass is 35.5. The minimum absolute atomic E-state index is 0.0352. The number of benzene rings is 1. The first kappa shape index (κ1) is 18.7. The second-order valence-electron chi connectivity index (χ2n) is 9.47. The van der Waals surface area contributed by atoms with E-state index in [0.717, 1.165) is 42.5 Å². The molecule has 7 nitrogen and oxygen atoms in total. The van der Waals surface area contributed by atoms with E-state index in [1.165, 1.54) is 13.1 Å². The number of fused-ring (bicyclic) bond motifs is 1. The summed E-state index contributed by atoms with van der Waals surface area (Å²) in [5.74, 6) is 0.485. The van der Waals surface area contributed by atoms with Crippen molar-refractivity contribution in [3.05, 3.63) is 34.7 Å². The minimum atomic E-state index is 0.0352. The second kappa shape index (κ2) is 6.22. The Labute approximate surface area is 185 Å². The fraction of sp³-hybridized carbons (Fsp3) is 0.476. The lowest BCUT2D eigenvalue weighted by atomic mass is 9.73. The topological polar surface area (TPSA) is 62.1 Å². The normalized spacial score (nSPS) is 21.5. The van der Waals surface area contributed by atoms with E-state index in [1.54, 1.807) is 12.4 Å². The molecule has 1 aromatic carbocycles. The molecule has 1 N–H and O–H groups in total. The molecule has 1 aliphatic carbocycles. The smallest absolute Gasteiger partial charge is 0.227 e. The molecule has 2 aromatic heterocycles. The zero-order valence-electron chi connectivity index (χ0n) is 17.0. The van der Waals surface area contributed by atoms with Crippen LogP contribution in [0.25, 0.3) is 10.9 Å². The molecule has 156 valence electrons. The van der Waals surface area contributed by atoms with Crippen molar-refractivity contribution >= 4 is 51.4 Å². The molecule has 0 radical (unpaired) electrons. The van der Waals surface area contributed by atoms with Crippen LogP contribution in [0.4, 0.5) is 17.3 Å². The van der Waals surface area contributed by atoms with Crippen LogP contribution in [0.1, 0.15) is 19.8 Å². The lowest BCUT2D eigenvalue weighted by molar-refractivity contribution is -0.00237. The largest absolute Gasteiger partial charge is 0.370 e. The maximum absolute atomic E-state index is 6.56. The number of nitrogens with one attached hydrogen (secondary N) is 1. The Morgan fingerprint density at radius 3 is 2.53 bits per heavy atom. The molecule has 1 spiro atoms. The van der Waals surface area contributed by atoms with Crippen LogP contribution in [-0.2, 0) is 5.54 Å². The van der Waals surface area contributed by atoms with Crippen molar-refractivity contribution in [3.63, 3.8) is 0 Å². The van der Waals surface area contributed by atoms with Gasteiger partial charge in [-0.1, -0.05) is 23.2 Å². The summed E-state index contributed by atoms with van der Waals surface area (Å²) in [4.78, 5) is 13.9. The van der Waals surface area contributed by atoms with Crippen LogP contribution in [0.5, 0.6) is 0 Å². The number of anilines is 3. The van der Waals surface area contributed by atoms with Gasteiger partial charge in [0.05, 0.1) is 28.0 Å². The lowest BCUT2D eigenvalue weighted by Crippen LogP contribution is -2.71. The highest BCUT2D eigenvalue weighted by Crippen LogP contribution is 2.46. The van der Waals surface area contributed by atoms with Crippen molar-refractivity contribution in [2.45, 2.75) is 25.3 Å². The predicted molar refractivity (Wildman–Crippen MR) is 120 cm³/mol. The maximum atomic E-state index is 6.56. The standard InChI is InChI=1S/C21H23Cl2N7/c1-20(3-4-20)30-18(23)17(8-25-30)27-19-24-7-14-15(22)5-13(6-16(14)26-19)29-11-21(12-29)9-28(2)10-21/h5-8H,3-4,9-12H2,1-2H3,(H,24,26,27). The van der Waals surface area contributed by atoms with Gasteiger partial charge in [-0.3, -0.25) is 0 Å². The van der Waals surface area contributed by atoms with Crippen LogP contribution in [0.15, 0.2) is 24.5 Å². The van der Waals surface area contributed by atoms with E-state index >= 15 is 0 Å². The number of hydrogen-bond acceptors (Lipinski definition) is 6. The predicted octanol–water partition coefficient (Wildman–Crippen LogP) is 4.14. The number of halogens is 2. The van der Waals surface area contributed by atoms with Gasteiger partial charge in [0.2, 0.25) is 5.95 Å². The molecule has 0 bridgehead atoms. The van der Waals surface area contributed by atoms with Crippen LogP contribution in [0, 0.1) is 5.41 Å². The summed E-state index contributed by atoms with van der Waals surface area (Å²) >= 11 is 13.1. The fourth-order valence-corrected chi connectivity index (χ4v) is 5.47. The molecule has 2 aliphatic heterocycles. The first-order valence-electron chi connectivity index (χ1n) is 10.3. The summed E-state index contributed by atoms with van der Waals surface area (Å²) in [7, 11) is 2.17.